The molecular formula is C21H34O. The quantitative estimate of drug-likeness (QED) is 0.614. The van der Waals surface area contributed by atoms with Gasteiger partial charge in [-0.2, -0.15) is 0 Å². The van der Waals surface area contributed by atoms with Gasteiger partial charge in [0.05, 0.1) is 0 Å². The van der Waals surface area contributed by atoms with Crippen molar-refractivity contribution in [2.24, 2.45) is 40.4 Å². The number of ketones is 1. The highest BCUT2D eigenvalue weighted by Crippen LogP contribution is 2.65. The van der Waals surface area contributed by atoms with Crippen molar-refractivity contribution >= 4 is 5.78 Å². The molecule has 22 heavy (non-hydrogen) atoms. The maximum atomic E-state index is 13.1. The third-order valence-electron chi connectivity index (χ3n) is 8.96. The number of carbonyl (C=O) groups is 1. The molecule has 4 fully saturated rings. The van der Waals surface area contributed by atoms with Gasteiger partial charge in [0.15, 0.2) is 0 Å². The lowest BCUT2D eigenvalue weighted by molar-refractivity contribution is -0.157. The van der Waals surface area contributed by atoms with Crippen LogP contribution in [0.4, 0.5) is 0 Å². The summed E-state index contributed by atoms with van der Waals surface area (Å²) >= 11 is 0. The molecule has 0 heterocycles. The Hall–Kier alpha value is -0.330. The van der Waals surface area contributed by atoms with E-state index in [2.05, 4.69) is 20.8 Å². The fraction of sp³-hybridized carbons (Fsp3) is 0.952. The standard InChI is InChI=1S/C21H34O/c1-4-14-12-15-7-8-16-17-6-5-10-20(17,2)11-9-18(16)21(15,3)19(22)13-14/h14-18H,4-13H2,1-3H3/t14-,15-,16+,17+,18+,20-,21-/m0/s1. The van der Waals surface area contributed by atoms with Gasteiger partial charge >= 0.3 is 0 Å². The van der Waals surface area contributed by atoms with Gasteiger partial charge in [0.25, 0.3) is 0 Å². The lowest BCUT2D eigenvalue weighted by atomic mass is 9.44. The first-order valence-corrected chi connectivity index (χ1v) is 10.0. The van der Waals surface area contributed by atoms with Gasteiger partial charge in [0.1, 0.15) is 5.78 Å². The SMILES string of the molecule is CC[C@@H]1CC(=O)[C@@]2(C)[C@@H](CC[C@@H]3[C@H]4CCC[C@@]4(C)CC[C@H]32)C1. The molecule has 4 saturated carbocycles. The van der Waals surface area contributed by atoms with Crippen molar-refractivity contribution in [1.29, 1.82) is 0 Å². The van der Waals surface area contributed by atoms with Crippen LogP contribution in [-0.4, -0.2) is 5.78 Å². The Morgan fingerprint density at radius 2 is 1.86 bits per heavy atom. The van der Waals surface area contributed by atoms with Gasteiger partial charge in [-0.05, 0) is 80.0 Å². The molecule has 4 aliphatic carbocycles. The molecule has 124 valence electrons. The van der Waals surface area contributed by atoms with Gasteiger partial charge < -0.3 is 0 Å². The Bertz CT molecular complexity index is 469. The summed E-state index contributed by atoms with van der Waals surface area (Å²) in [5, 5.41) is 0. The molecule has 0 N–H and O–H groups in total. The molecule has 0 aliphatic heterocycles. The number of carbonyl (C=O) groups excluding carboxylic acids is 1. The Kier molecular flexibility index (Phi) is 3.51. The van der Waals surface area contributed by atoms with Crippen LogP contribution in [0.1, 0.15) is 85.0 Å². The second-order valence-corrected chi connectivity index (χ2v) is 9.66. The van der Waals surface area contributed by atoms with Crippen molar-refractivity contribution in [2.45, 2.75) is 85.0 Å². The van der Waals surface area contributed by atoms with Crippen molar-refractivity contribution in [3.05, 3.63) is 0 Å². The van der Waals surface area contributed by atoms with Gasteiger partial charge in [-0.3, -0.25) is 4.79 Å². The number of hydrogen-bond donors (Lipinski definition) is 0. The first-order chi connectivity index (χ1) is 10.5. The number of fused-ring (bicyclic) bond motifs is 5. The van der Waals surface area contributed by atoms with Gasteiger partial charge in [0.2, 0.25) is 0 Å². The molecule has 1 nitrogen and oxygen atoms in total. The first kappa shape index (κ1) is 15.2. The largest absolute Gasteiger partial charge is 0.299 e. The fourth-order valence-corrected chi connectivity index (χ4v) is 7.50. The topological polar surface area (TPSA) is 17.1 Å². The average molecular weight is 303 g/mol. The number of hydrogen-bond acceptors (Lipinski definition) is 1. The first-order valence-electron chi connectivity index (χ1n) is 10.0. The Morgan fingerprint density at radius 3 is 2.64 bits per heavy atom. The van der Waals surface area contributed by atoms with Crippen LogP contribution in [-0.2, 0) is 4.79 Å². The van der Waals surface area contributed by atoms with Crippen molar-refractivity contribution in [2.75, 3.05) is 0 Å². The highest BCUT2D eigenvalue weighted by Gasteiger charge is 2.60. The van der Waals surface area contributed by atoms with Crippen molar-refractivity contribution in [3.63, 3.8) is 0 Å². The van der Waals surface area contributed by atoms with E-state index in [0.29, 0.717) is 29.0 Å². The molecule has 0 aromatic carbocycles. The van der Waals surface area contributed by atoms with Crippen LogP contribution in [0.5, 0.6) is 0 Å². The summed E-state index contributed by atoms with van der Waals surface area (Å²) in [7, 11) is 0. The minimum Gasteiger partial charge on any atom is -0.299 e. The van der Waals surface area contributed by atoms with Crippen LogP contribution in [0.15, 0.2) is 0 Å². The zero-order valence-corrected chi connectivity index (χ0v) is 14.9. The molecule has 4 rings (SSSR count). The van der Waals surface area contributed by atoms with E-state index in [1.54, 1.807) is 0 Å². The van der Waals surface area contributed by atoms with Crippen molar-refractivity contribution < 1.29 is 4.79 Å². The van der Waals surface area contributed by atoms with Crippen LogP contribution in [0.25, 0.3) is 0 Å². The van der Waals surface area contributed by atoms with E-state index in [-0.39, 0.29) is 5.41 Å². The van der Waals surface area contributed by atoms with E-state index in [1.807, 2.05) is 0 Å². The molecular weight excluding hydrogens is 268 g/mol. The zero-order chi connectivity index (χ0) is 15.5. The molecule has 0 aromatic rings. The van der Waals surface area contributed by atoms with Crippen LogP contribution in [0, 0.1) is 40.4 Å². The van der Waals surface area contributed by atoms with Crippen LogP contribution >= 0.6 is 0 Å². The average Bonchev–Trinajstić information content (AvgIpc) is 2.90. The highest BCUT2D eigenvalue weighted by molar-refractivity contribution is 5.86. The third kappa shape index (κ3) is 1.93. The smallest absolute Gasteiger partial charge is 0.139 e. The minimum absolute atomic E-state index is 0.0402. The second-order valence-electron chi connectivity index (χ2n) is 9.66. The molecule has 4 aliphatic rings. The van der Waals surface area contributed by atoms with Crippen LogP contribution in [0.2, 0.25) is 0 Å². The van der Waals surface area contributed by atoms with E-state index in [4.69, 9.17) is 0 Å². The van der Waals surface area contributed by atoms with E-state index in [9.17, 15) is 4.79 Å². The van der Waals surface area contributed by atoms with E-state index < -0.39 is 0 Å². The number of rotatable bonds is 1. The molecule has 1 heteroatoms. The van der Waals surface area contributed by atoms with Gasteiger partial charge in [-0.15, -0.1) is 0 Å². The molecule has 0 amide bonds. The van der Waals surface area contributed by atoms with E-state index >= 15 is 0 Å². The molecule has 0 aromatic heterocycles. The van der Waals surface area contributed by atoms with E-state index in [0.717, 1.165) is 18.3 Å². The zero-order valence-electron chi connectivity index (χ0n) is 14.9. The summed E-state index contributed by atoms with van der Waals surface area (Å²) in [6.07, 6.45) is 13.3. The molecule has 0 radical (unpaired) electrons. The molecule has 7 atom stereocenters. The maximum absolute atomic E-state index is 13.1. The summed E-state index contributed by atoms with van der Waals surface area (Å²) in [5.74, 6) is 4.54. The van der Waals surface area contributed by atoms with Crippen molar-refractivity contribution in [3.8, 4) is 0 Å². The molecule has 0 saturated heterocycles. The Balaban J connectivity index is 1.64. The van der Waals surface area contributed by atoms with E-state index in [1.165, 1.54) is 57.8 Å². The predicted molar refractivity (Wildman–Crippen MR) is 90.5 cm³/mol. The Morgan fingerprint density at radius 1 is 1.05 bits per heavy atom. The number of Topliss-reactive ketones (excluding diaryl/α,β-unsaturated/α-hetero) is 1. The fourth-order valence-electron chi connectivity index (χ4n) is 7.50. The summed E-state index contributed by atoms with van der Waals surface area (Å²) in [4.78, 5) is 13.1. The Labute approximate surface area is 136 Å². The minimum atomic E-state index is 0.0402. The van der Waals surface area contributed by atoms with Gasteiger partial charge in [0, 0.05) is 11.8 Å². The monoisotopic (exact) mass is 302 g/mol. The highest BCUT2D eigenvalue weighted by atomic mass is 16.1. The lowest BCUT2D eigenvalue weighted by Crippen LogP contribution is -2.56. The normalized spacial score (nSPS) is 54.5. The lowest BCUT2D eigenvalue weighted by Gasteiger charge is -2.59. The summed E-state index contributed by atoms with van der Waals surface area (Å²) in [6.45, 7) is 7.22. The third-order valence-corrected chi connectivity index (χ3v) is 8.96. The second kappa shape index (κ2) is 5.08. The van der Waals surface area contributed by atoms with Gasteiger partial charge in [-0.25, -0.2) is 0 Å². The van der Waals surface area contributed by atoms with Crippen LogP contribution < -0.4 is 0 Å². The summed E-state index contributed by atoms with van der Waals surface area (Å²) in [6, 6.07) is 0. The molecule has 0 unspecified atom stereocenters. The molecule has 0 spiro atoms. The van der Waals surface area contributed by atoms with Crippen LogP contribution in [0.3, 0.4) is 0 Å². The van der Waals surface area contributed by atoms with Gasteiger partial charge in [-0.1, -0.05) is 33.6 Å². The van der Waals surface area contributed by atoms with Crippen molar-refractivity contribution in [1.82, 2.24) is 0 Å². The summed E-state index contributed by atoms with van der Waals surface area (Å²) < 4.78 is 0. The summed E-state index contributed by atoms with van der Waals surface area (Å²) in [5.41, 5.74) is 0.659. The predicted octanol–water partition coefficient (Wildman–Crippen LogP) is 5.62. The maximum Gasteiger partial charge on any atom is 0.139 e. The molecule has 0 bridgehead atoms.